The van der Waals surface area contributed by atoms with E-state index in [1.807, 2.05) is 24.3 Å². The van der Waals surface area contributed by atoms with E-state index in [0.717, 1.165) is 16.6 Å². The maximum Gasteiger partial charge on any atom is 0.344 e. The summed E-state index contributed by atoms with van der Waals surface area (Å²) < 4.78 is 18.6. The van der Waals surface area contributed by atoms with Crippen molar-refractivity contribution in [2.75, 3.05) is 20.3 Å². The quantitative estimate of drug-likeness (QED) is 0.388. The van der Waals surface area contributed by atoms with Crippen LogP contribution in [0, 0.1) is 0 Å². The van der Waals surface area contributed by atoms with E-state index in [1.54, 1.807) is 29.5 Å². The molecular weight excluding hydrogens is 472 g/mol. The largest absolute Gasteiger partial charge is 0.493 e. The van der Waals surface area contributed by atoms with E-state index in [4.69, 9.17) is 14.2 Å². The summed E-state index contributed by atoms with van der Waals surface area (Å²) in [6.45, 7) is 1.78. The number of benzene rings is 2. The fourth-order valence-electron chi connectivity index (χ4n) is 3.06. The van der Waals surface area contributed by atoms with Crippen LogP contribution in [0.2, 0.25) is 0 Å². The van der Waals surface area contributed by atoms with Crippen molar-refractivity contribution in [2.24, 2.45) is 0 Å². The number of carbonyl (C=O) groups excluding carboxylic acids is 1. The van der Waals surface area contributed by atoms with E-state index in [0.29, 0.717) is 25.5 Å². The zero-order valence-electron chi connectivity index (χ0n) is 16.2. The monoisotopic (exact) mass is 488 g/mol. The van der Waals surface area contributed by atoms with E-state index >= 15 is 0 Å². The minimum atomic E-state index is -0.466. The molecular formula is C21H17BrN2O5S. The zero-order chi connectivity index (χ0) is 21.3. The van der Waals surface area contributed by atoms with Gasteiger partial charge in [-0.3, -0.25) is 4.79 Å². The molecule has 0 aliphatic rings. The third-order valence-electron chi connectivity index (χ3n) is 4.33. The van der Waals surface area contributed by atoms with Gasteiger partial charge in [0.15, 0.2) is 23.1 Å². The van der Waals surface area contributed by atoms with Crippen molar-refractivity contribution >= 4 is 55.3 Å². The van der Waals surface area contributed by atoms with Crippen LogP contribution in [0.4, 0.5) is 0 Å². The van der Waals surface area contributed by atoms with Gasteiger partial charge in [-0.05, 0) is 58.8 Å². The first-order valence-electron chi connectivity index (χ1n) is 9.09. The molecule has 4 rings (SSSR count). The number of esters is 1. The Balaban J connectivity index is 1.73. The van der Waals surface area contributed by atoms with Gasteiger partial charge in [-0.1, -0.05) is 23.5 Å². The van der Waals surface area contributed by atoms with Crippen LogP contribution in [0.3, 0.4) is 0 Å². The lowest BCUT2D eigenvalue weighted by Gasteiger charge is -2.13. The highest BCUT2D eigenvalue weighted by Crippen LogP contribution is 2.37. The average molecular weight is 489 g/mol. The second-order valence-corrected chi connectivity index (χ2v) is 8.13. The fourth-order valence-corrected chi connectivity index (χ4v) is 4.62. The van der Waals surface area contributed by atoms with Crippen molar-refractivity contribution in [1.82, 2.24) is 9.38 Å². The highest BCUT2D eigenvalue weighted by atomic mass is 79.9. The zero-order valence-corrected chi connectivity index (χ0v) is 18.6. The average Bonchev–Trinajstić information content (AvgIpc) is 3.23. The highest BCUT2D eigenvalue weighted by Gasteiger charge is 2.15. The number of para-hydroxylation sites is 2. The van der Waals surface area contributed by atoms with Crippen LogP contribution < -0.4 is 19.6 Å². The molecule has 30 heavy (non-hydrogen) atoms. The molecule has 0 saturated heterocycles. The van der Waals surface area contributed by atoms with E-state index < -0.39 is 5.97 Å². The van der Waals surface area contributed by atoms with E-state index in [1.165, 1.54) is 18.4 Å². The standard InChI is InChI=1S/C21H17BrN2O5S/c1-3-28-18(25)11-29-19-13(22)8-12(9-16(19)27-2)10-17-20(26)24-15-7-5-4-6-14(15)23-21(24)30-17/h4-10H,3,11H2,1-2H3. The van der Waals surface area contributed by atoms with Gasteiger partial charge < -0.3 is 14.2 Å². The van der Waals surface area contributed by atoms with Crippen LogP contribution in [0.5, 0.6) is 11.5 Å². The van der Waals surface area contributed by atoms with Crippen LogP contribution >= 0.6 is 27.3 Å². The molecule has 2 aromatic carbocycles. The Bertz CT molecular complexity index is 1360. The fraction of sp³-hybridized carbons (Fsp3) is 0.190. The van der Waals surface area contributed by atoms with Crippen molar-refractivity contribution in [3.63, 3.8) is 0 Å². The molecule has 0 spiro atoms. The lowest BCUT2D eigenvalue weighted by molar-refractivity contribution is -0.145. The maximum absolute atomic E-state index is 12.9. The third kappa shape index (κ3) is 3.78. The van der Waals surface area contributed by atoms with Crippen LogP contribution in [-0.4, -0.2) is 35.7 Å². The van der Waals surface area contributed by atoms with E-state index in [9.17, 15) is 9.59 Å². The van der Waals surface area contributed by atoms with Crippen molar-refractivity contribution in [3.8, 4) is 11.5 Å². The van der Waals surface area contributed by atoms with Crippen molar-refractivity contribution < 1.29 is 19.0 Å². The number of nitrogens with zero attached hydrogens (tertiary/aromatic N) is 2. The van der Waals surface area contributed by atoms with Crippen LogP contribution in [0.15, 0.2) is 45.7 Å². The third-order valence-corrected chi connectivity index (χ3v) is 5.89. The molecule has 0 atom stereocenters. The van der Waals surface area contributed by atoms with Crippen LogP contribution in [-0.2, 0) is 9.53 Å². The molecule has 0 fully saturated rings. The minimum Gasteiger partial charge on any atom is -0.493 e. The Morgan fingerprint density at radius 1 is 1.30 bits per heavy atom. The lowest BCUT2D eigenvalue weighted by Crippen LogP contribution is -2.22. The topological polar surface area (TPSA) is 79.1 Å². The molecule has 0 bridgehead atoms. The Labute approximate surface area is 183 Å². The van der Waals surface area contributed by atoms with Gasteiger partial charge in [0.05, 0.1) is 33.8 Å². The number of ether oxygens (including phenoxy) is 3. The normalized spacial score (nSPS) is 11.9. The summed E-state index contributed by atoms with van der Waals surface area (Å²) in [5.74, 6) is 0.350. The summed E-state index contributed by atoms with van der Waals surface area (Å²) in [7, 11) is 1.51. The first kappa shape index (κ1) is 20.4. The molecule has 2 heterocycles. The molecule has 0 saturated carbocycles. The number of aromatic nitrogens is 2. The van der Waals surface area contributed by atoms with E-state index in [-0.39, 0.29) is 18.8 Å². The van der Waals surface area contributed by atoms with Gasteiger partial charge in [0.25, 0.3) is 5.56 Å². The van der Waals surface area contributed by atoms with Gasteiger partial charge in [-0.2, -0.15) is 0 Å². The number of hydrogen-bond acceptors (Lipinski definition) is 7. The van der Waals surface area contributed by atoms with Gasteiger partial charge in [0.1, 0.15) is 0 Å². The Morgan fingerprint density at radius 2 is 2.10 bits per heavy atom. The molecule has 0 aliphatic carbocycles. The summed E-state index contributed by atoms with van der Waals surface area (Å²) in [4.78, 5) is 29.7. The molecule has 7 nitrogen and oxygen atoms in total. The maximum atomic E-state index is 12.9. The second-order valence-electron chi connectivity index (χ2n) is 6.26. The first-order chi connectivity index (χ1) is 14.5. The van der Waals surface area contributed by atoms with Crippen molar-refractivity contribution in [2.45, 2.75) is 6.92 Å². The van der Waals surface area contributed by atoms with Crippen molar-refractivity contribution in [3.05, 3.63) is 61.3 Å². The van der Waals surface area contributed by atoms with E-state index in [2.05, 4.69) is 20.9 Å². The number of hydrogen-bond donors (Lipinski definition) is 0. The predicted octanol–water partition coefficient (Wildman–Crippen LogP) is 3.17. The Hall–Kier alpha value is -2.91. The molecule has 154 valence electrons. The van der Waals surface area contributed by atoms with Crippen molar-refractivity contribution in [1.29, 1.82) is 0 Å². The SMILES string of the molecule is CCOC(=O)COc1c(Br)cc(C=c2sc3nc4ccccc4n3c2=O)cc1OC. The van der Waals surface area contributed by atoms with Gasteiger partial charge in [-0.15, -0.1) is 0 Å². The molecule has 0 radical (unpaired) electrons. The van der Waals surface area contributed by atoms with Gasteiger partial charge in [0, 0.05) is 0 Å². The number of rotatable bonds is 6. The molecule has 9 heteroatoms. The number of methoxy groups -OCH3 is 1. The predicted molar refractivity (Wildman–Crippen MR) is 118 cm³/mol. The molecule has 0 aliphatic heterocycles. The van der Waals surface area contributed by atoms with Crippen LogP contribution in [0.1, 0.15) is 12.5 Å². The first-order valence-corrected chi connectivity index (χ1v) is 10.7. The molecule has 0 N–H and O–H groups in total. The number of imidazole rings is 1. The van der Waals surface area contributed by atoms with Gasteiger partial charge in [0.2, 0.25) is 0 Å². The number of halogens is 1. The Morgan fingerprint density at radius 3 is 2.87 bits per heavy atom. The van der Waals surface area contributed by atoms with Crippen LogP contribution in [0.25, 0.3) is 22.1 Å². The molecule has 4 aromatic rings. The molecule has 2 aromatic heterocycles. The summed E-state index contributed by atoms with van der Waals surface area (Å²) in [5.41, 5.74) is 2.20. The summed E-state index contributed by atoms with van der Waals surface area (Å²) in [5, 5.41) is 0. The highest BCUT2D eigenvalue weighted by molar-refractivity contribution is 9.10. The number of fused-ring (bicyclic) bond motifs is 3. The smallest absolute Gasteiger partial charge is 0.344 e. The molecule has 0 unspecified atom stereocenters. The number of carbonyl (C=O) groups is 1. The summed E-state index contributed by atoms with van der Waals surface area (Å²) in [6.07, 6.45) is 1.78. The minimum absolute atomic E-state index is 0.124. The second kappa shape index (κ2) is 8.45. The lowest BCUT2D eigenvalue weighted by atomic mass is 10.2. The Kier molecular flexibility index (Phi) is 5.74. The molecule has 0 amide bonds. The van der Waals surface area contributed by atoms with Gasteiger partial charge >= 0.3 is 5.97 Å². The van der Waals surface area contributed by atoms with Gasteiger partial charge in [-0.25, -0.2) is 14.2 Å². The summed E-state index contributed by atoms with van der Waals surface area (Å²) >= 11 is 4.77. The number of thiazole rings is 1. The summed E-state index contributed by atoms with van der Waals surface area (Å²) in [6, 6.07) is 11.1.